The molecule has 1 amide bonds. The number of nitrogens with one attached hydrogen (secondary N) is 1. The molecule has 8 heteroatoms. The van der Waals surface area contributed by atoms with Crippen LogP contribution in [0.25, 0.3) is 4.96 Å². The number of aliphatic carboxylic acids is 1. The van der Waals surface area contributed by atoms with Gasteiger partial charge in [-0.15, -0.1) is 11.3 Å². The Morgan fingerprint density at radius 3 is 2.82 bits per heavy atom. The molecule has 0 spiro atoms. The van der Waals surface area contributed by atoms with Crippen molar-refractivity contribution in [1.29, 1.82) is 0 Å². The quantitative estimate of drug-likeness (QED) is 0.883. The van der Waals surface area contributed by atoms with Crippen LogP contribution in [0, 0.1) is 0 Å². The Morgan fingerprint density at radius 1 is 1.41 bits per heavy atom. The molecule has 0 unspecified atom stereocenters. The molecule has 22 heavy (non-hydrogen) atoms. The number of amides is 1. The fourth-order valence-electron chi connectivity index (χ4n) is 2.98. The lowest BCUT2D eigenvalue weighted by atomic mass is 9.93. The third kappa shape index (κ3) is 2.61. The largest absolute Gasteiger partial charge is 0.481 e. The van der Waals surface area contributed by atoms with E-state index in [1.54, 1.807) is 11.6 Å². The molecule has 1 saturated carbocycles. The SMILES string of the molecule is O=C(O)CC1(NC(=O)c2cnc3sccn3c2=O)CCCC1. The number of rotatable bonds is 4. The summed E-state index contributed by atoms with van der Waals surface area (Å²) in [7, 11) is 0. The van der Waals surface area contributed by atoms with Crippen LogP contribution in [0.15, 0.2) is 22.6 Å². The first-order valence-electron chi connectivity index (χ1n) is 7.00. The Kier molecular flexibility index (Phi) is 3.69. The highest BCUT2D eigenvalue weighted by atomic mass is 32.1. The zero-order valence-electron chi connectivity index (χ0n) is 11.7. The normalized spacial score (nSPS) is 16.7. The van der Waals surface area contributed by atoms with Gasteiger partial charge in [0.2, 0.25) is 0 Å². The monoisotopic (exact) mass is 321 g/mol. The lowest BCUT2D eigenvalue weighted by molar-refractivity contribution is -0.138. The molecular formula is C14H15N3O4S. The molecule has 116 valence electrons. The Labute approximate surface area is 129 Å². The Balaban J connectivity index is 1.90. The van der Waals surface area contributed by atoms with Crippen molar-refractivity contribution in [2.75, 3.05) is 0 Å². The van der Waals surface area contributed by atoms with E-state index < -0.39 is 23.0 Å². The average Bonchev–Trinajstić information content (AvgIpc) is 3.07. The van der Waals surface area contributed by atoms with Crippen LogP contribution >= 0.6 is 11.3 Å². The molecule has 3 rings (SSSR count). The van der Waals surface area contributed by atoms with Gasteiger partial charge < -0.3 is 10.4 Å². The van der Waals surface area contributed by atoms with Crippen molar-refractivity contribution in [3.63, 3.8) is 0 Å². The van der Waals surface area contributed by atoms with E-state index in [9.17, 15) is 14.4 Å². The van der Waals surface area contributed by atoms with E-state index in [1.807, 2.05) is 0 Å². The van der Waals surface area contributed by atoms with Gasteiger partial charge in [-0.25, -0.2) is 4.98 Å². The number of thiazole rings is 1. The molecular weight excluding hydrogens is 306 g/mol. The van der Waals surface area contributed by atoms with Crippen molar-refractivity contribution in [3.05, 3.63) is 33.7 Å². The smallest absolute Gasteiger partial charge is 0.305 e. The summed E-state index contributed by atoms with van der Waals surface area (Å²) in [5.74, 6) is -1.51. The van der Waals surface area contributed by atoms with E-state index in [4.69, 9.17) is 5.11 Å². The van der Waals surface area contributed by atoms with Gasteiger partial charge in [-0.05, 0) is 12.8 Å². The van der Waals surface area contributed by atoms with Gasteiger partial charge in [0.15, 0.2) is 4.96 Å². The van der Waals surface area contributed by atoms with Crippen molar-refractivity contribution in [3.8, 4) is 0 Å². The molecule has 0 atom stereocenters. The van der Waals surface area contributed by atoms with Crippen molar-refractivity contribution in [2.45, 2.75) is 37.6 Å². The minimum atomic E-state index is -0.953. The number of aromatic nitrogens is 2. The summed E-state index contributed by atoms with van der Waals surface area (Å²) in [4.78, 5) is 40.4. The topological polar surface area (TPSA) is 101 Å². The molecule has 2 heterocycles. The fraction of sp³-hybridized carbons (Fsp3) is 0.429. The van der Waals surface area contributed by atoms with Crippen molar-refractivity contribution in [2.24, 2.45) is 0 Å². The molecule has 1 aliphatic carbocycles. The van der Waals surface area contributed by atoms with Crippen LogP contribution in [0.4, 0.5) is 0 Å². The second-order valence-corrected chi connectivity index (χ2v) is 6.42. The van der Waals surface area contributed by atoms with Gasteiger partial charge in [0.25, 0.3) is 11.5 Å². The van der Waals surface area contributed by atoms with Crippen molar-refractivity contribution < 1.29 is 14.7 Å². The first kappa shape index (κ1) is 14.7. The Bertz CT molecular complexity index is 789. The number of carboxylic acids is 1. The van der Waals surface area contributed by atoms with Gasteiger partial charge in [-0.2, -0.15) is 0 Å². The molecule has 2 aromatic heterocycles. The van der Waals surface area contributed by atoms with Gasteiger partial charge in [0.1, 0.15) is 5.56 Å². The summed E-state index contributed by atoms with van der Waals surface area (Å²) in [6.07, 6.45) is 5.65. The molecule has 0 saturated heterocycles. The fourth-order valence-corrected chi connectivity index (χ4v) is 3.65. The maximum atomic E-state index is 12.4. The summed E-state index contributed by atoms with van der Waals surface area (Å²) in [6.45, 7) is 0. The highest BCUT2D eigenvalue weighted by molar-refractivity contribution is 7.15. The summed E-state index contributed by atoms with van der Waals surface area (Å²) in [5, 5.41) is 13.5. The molecule has 0 aromatic carbocycles. The zero-order valence-corrected chi connectivity index (χ0v) is 12.6. The van der Waals surface area contributed by atoms with Gasteiger partial charge in [0.05, 0.1) is 12.0 Å². The van der Waals surface area contributed by atoms with Crippen LogP contribution in [-0.2, 0) is 4.79 Å². The summed E-state index contributed by atoms with van der Waals surface area (Å²) in [6, 6.07) is 0. The van der Waals surface area contributed by atoms with Gasteiger partial charge in [0, 0.05) is 17.8 Å². The van der Waals surface area contributed by atoms with Crippen LogP contribution in [0.5, 0.6) is 0 Å². The van der Waals surface area contributed by atoms with Gasteiger partial charge in [-0.1, -0.05) is 12.8 Å². The minimum absolute atomic E-state index is 0.0624. The third-order valence-electron chi connectivity index (χ3n) is 4.02. The third-order valence-corrected chi connectivity index (χ3v) is 4.79. The van der Waals surface area contributed by atoms with E-state index in [2.05, 4.69) is 10.3 Å². The van der Waals surface area contributed by atoms with Crippen molar-refractivity contribution in [1.82, 2.24) is 14.7 Å². The van der Waals surface area contributed by atoms with Gasteiger partial charge >= 0.3 is 5.97 Å². The van der Waals surface area contributed by atoms with Crippen LogP contribution in [0.2, 0.25) is 0 Å². The summed E-state index contributed by atoms with van der Waals surface area (Å²) < 4.78 is 1.32. The second kappa shape index (κ2) is 5.53. The van der Waals surface area contributed by atoms with E-state index in [1.165, 1.54) is 21.9 Å². The van der Waals surface area contributed by atoms with Crippen molar-refractivity contribution >= 4 is 28.2 Å². The maximum absolute atomic E-state index is 12.4. The molecule has 7 nitrogen and oxygen atoms in total. The van der Waals surface area contributed by atoms with Gasteiger partial charge in [-0.3, -0.25) is 18.8 Å². The lowest BCUT2D eigenvalue weighted by Crippen LogP contribution is -2.49. The number of fused-ring (bicyclic) bond motifs is 1. The minimum Gasteiger partial charge on any atom is -0.481 e. The maximum Gasteiger partial charge on any atom is 0.305 e. The number of carbonyl (C=O) groups excluding carboxylic acids is 1. The van der Waals surface area contributed by atoms with Crippen LogP contribution < -0.4 is 10.9 Å². The molecule has 0 radical (unpaired) electrons. The van der Waals surface area contributed by atoms with Crippen LogP contribution in [0.3, 0.4) is 0 Å². The summed E-state index contributed by atoms with van der Waals surface area (Å²) >= 11 is 1.30. The standard InChI is InChI=1S/C14H15N3O4S/c18-10(19)7-14(3-1-2-4-14)16-11(20)9-8-15-13-17(12(9)21)5-6-22-13/h5-6,8H,1-4,7H2,(H,16,20)(H,18,19). The first-order valence-corrected chi connectivity index (χ1v) is 7.88. The van der Waals surface area contributed by atoms with E-state index in [0.29, 0.717) is 17.8 Å². The molecule has 0 bridgehead atoms. The number of hydrogen-bond donors (Lipinski definition) is 2. The predicted molar refractivity (Wildman–Crippen MR) is 80.3 cm³/mol. The zero-order chi connectivity index (χ0) is 15.7. The molecule has 0 aliphatic heterocycles. The molecule has 1 aliphatic rings. The highest BCUT2D eigenvalue weighted by Gasteiger charge is 2.38. The van der Waals surface area contributed by atoms with Crippen LogP contribution in [-0.4, -0.2) is 31.9 Å². The van der Waals surface area contributed by atoms with Crippen LogP contribution in [0.1, 0.15) is 42.5 Å². The number of carboxylic acid groups (broad SMARTS) is 1. The first-order chi connectivity index (χ1) is 10.5. The second-order valence-electron chi connectivity index (χ2n) is 5.54. The Morgan fingerprint density at radius 2 is 2.14 bits per heavy atom. The lowest BCUT2D eigenvalue weighted by Gasteiger charge is -2.28. The number of nitrogens with zero attached hydrogens (tertiary/aromatic N) is 2. The van der Waals surface area contributed by atoms with E-state index in [-0.39, 0.29) is 12.0 Å². The van der Waals surface area contributed by atoms with E-state index >= 15 is 0 Å². The predicted octanol–water partition coefficient (Wildman–Crippen LogP) is 1.27. The Hall–Kier alpha value is -2.22. The summed E-state index contributed by atoms with van der Waals surface area (Å²) in [5.41, 5.74) is -1.26. The molecule has 2 aromatic rings. The number of carbonyl (C=O) groups is 2. The van der Waals surface area contributed by atoms with E-state index in [0.717, 1.165) is 12.8 Å². The number of hydrogen-bond acceptors (Lipinski definition) is 5. The average molecular weight is 321 g/mol. The molecule has 2 N–H and O–H groups in total. The highest BCUT2D eigenvalue weighted by Crippen LogP contribution is 2.32. The molecule has 1 fully saturated rings.